The summed E-state index contributed by atoms with van der Waals surface area (Å²) in [6, 6.07) is 3.28. The van der Waals surface area contributed by atoms with Gasteiger partial charge in [0.05, 0.1) is 12.2 Å². The van der Waals surface area contributed by atoms with Crippen LogP contribution in [-0.2, 0) is 6.54 Å². The summed E-state index contributed by atoms with van der Waals surface area (Å²) in [6.07, 6.45) is 0. The highest BCUT2D eigenvalue weighted by molar-refractivity contribution is 5.91. The van der Waals surface area contributed by atoms with Crippen LogP contribution in [0.2, 0.25) is 0 Å². The largest absolute Gasteiger partial charge is 0.444 e. The van der Waals surface area contributed by atoms with Gasteiger partial charge >= 0.3 is 0 Å². The molecule has 0 radical (unpaired) electrons. The zero-order valence-corrected chi connectivity index (χ0v) is 11.0. The van der Waals surface area contributed by atoms with E-state index in [0.717, 1.165) is 11.5 Å². The van der Waals surface area contributed by atoms with Crippen molar-refractivity contribution in [1.29, 1.82) is 0 Å². The van der Waals surface area contributed by atoms with Crippen molar-refractivity contribution in [3.05, 3.63) is 35.2 Å². The molecule has 2 aromatic heterocycles. The van der Waals surface area contributed by atoms with E-state index in [1.165, 1.54) is 0 Å². The fourth-order valence-electron chi connectivity index (χ4n) is 1.46. The smallest absolute Gasteiger partial charge is 0.271 e. The zero-order valence-electron chi connectivity index (χ0n) is 11.0. The third-order valence-electron chi connectivity index (χ3n) is 2.62. The Kier molecular flexibility index (Phi) is 3.74. The van der Waals surface area contributed by atoms with Gasteiger partial charge in [0, 0.05) is 7.05 Å². The highest BCUT2D eigenvalue weighted by Gasteiger charge is 2.07. The Labute approximate surface area is 110 Å². The Bertz CT molecular complexity index is 557. The van der Waals surface area contributed by atoms with Crippen molar-refractivity contribution in [3.8, 4) is 0 Å². The lowest BCUT2D eigenvalue weighted by Gasteiger charge is -2.02. The maximum Gasteiger partial charge on any atom is 0.271 e. The molecular formula is C12H15N5O2. The van der Waals surface area contributed by atoms with E-state index in [2.05, 4.69) is 25.8 Å². The molecule has 0 unspecified atom stereocenters. The number of nitrogens with zero attached hydrogens (tertiary/aromatic N) is 3. The summed E-state index contributed by atoms with van der Waals surface area (Å²) in [6.45, 7) is 4.17. The number of nitrogens with one attached hydrogen (secondary N) is 2. The average molecular weight is 261 g/mol. The fraction of sp³-hybridized carbons (Fsp3) is 0.333. The summed E-state index contributed by atoms with van der Waals surface area (Å²) in [5, 5.41) is 13.2. The highest BCUT2D eigenvalue weighted by Crippen LogP contribution is 2.10. The lowest BCUT2D eigenvalue weighted by atomic mass is 10.3. The van der Waals surface area contributed by atoms with Crippen LogP contribution in [-0.4, -0.2) is 28.1 Å². The van der Waals surface area contributed by atoms with Gasteiger partial charge in [0.2, 0.25) is 5.89 Å². The van der Waals surface area contributed by atoms with Crippen LogP contribution in [0.5, 0.6) is 0 Å². The van der Waals surface area contributed by atoms with Gasteiger partial charge in [-0.1, -0.05) is 0 Å². The fourth-order valence-corrected chi connectivity index (χ4v) is 1.46. The molecule has 2 N–H and O–H groups in total. The van der Waals surface area contributed by atoms with Gasteiger partial charge in [-0.25, -0.2) is 4.98 Å². The lowest BCUT2D eigenvalue weighted by Crippen LogP contribution is -2.19. The second-order valence-corrected chi connectivity index (χ2v) is 3.99. The van der Waals surface area contributed by atoms with E-state index in [1.807, 2.05) is 13.8 Å². The number of carbonyl (C=O) groups is 1. The molecule has 0 saturated carbocycles. The maximum atomic E-state index is 11.3. The number of aromatic nitrogens is 3. The van der Waals surface area contributed by atoms with Gasteiger partial charge in [-0.15, -0.1) is 10.2 Å². The molecule has 2 heterocycles. The van der Waals surface area contributed by atoms with Crippen LogP contribution < -0.4 is 10.6 Å². The van der Waals surface area contributed by atoms with Crippen molar-refractivity contribution < 1.29 is 9.21 Å². The molecule has 7 nitrogen and oxygen atoms in total. The average Bonchev–Trinajstić information content (AvgIpc) is 2.75. The highest BCUT2D eigenvalue weighted by atomic mass is 16.4. The first-order valence-electron chi connectivity index (χ1n) is 5.82. The maximum absolute atomic E-state index is 11.3. The summed E-state index contributed by atoms with van der Waals surface area (Å²) in [5.74, 6) is 1.68. The molecule has 7 heteroatoms. The molecule has 0 aromatic carbocycles. The van der Waals surface area contributed by atoms with Crippen molar-refractivity contribution in [2.75, 3.05) is 12.4 Å². The molecule has 19 heavy (non-hydrogen) atoms. The Morgan fingerprint density at radius 2 is 2.11 bits per heavy atom. The Morgan fingerprint density at radius 1 is 1.32 bits per heavy atom. The van der Waals surface area contributed by atoms with Crippen LogP contribution in [0, 0.1) is 13.8 Å². The number of rotatable bonds is 4. The molecule has 2 rings (SSSR count). The van der Waals surface area contributed by atoms with Crippen molar-refractivity contribution in [3.63, 3.8) is 0 Å². The molecule has 0 saturated heterocycles. The SMILES string of the molecule is CNC(=O)c1ccc(NCc2nc(C)c(C)o2)nn1. The number of amides is 1. The van der Waals surface area contributed by atoms with E-state index in [9.17, 15) is 4.79 Å². The van der Waals surface area contributed by atoms with Crippen molar-refractivity contribution in [1.82, 2.24) is 20.5 Å². The molecular weight excluding hydrogens is 246 g/mol. The number of hydrogen-bond acceptors (Lipinski definition) is 6. The van der Waals surface area contributed by atoms with Crippen LogP contribution in [0.4, 0.5) is 5.82 Å². The Balaban J connectivity index is 1.98. The number of aryl methyl sites for hydroxylation is 2. The number of hydrogen-bond donors (Lipinski definition) is 2. The standard InChI is InChI=1S/C12H15N5O2/c1-7-8(2)19-11(15-7)6-14-10-5-4-9(16-17-10)12(18)13-3/h4-5H,6H2,1-3H3,(H,13,18)(H,14,17). The van der Waals surface area contributed by atoms with Gasteiger partial charge in [0.1, 0.15) is 11.6 Å². The number of anilines is 1. The molecule has 0 bridgehead atoms. The first-order chi connectivity index (χ1) is 9.10. The summed E-state index contributed by atoms with van der Waals surface area (Å²) in [5.41, 5.74) is 1.15. The van der Waals surface area contributed by atoms with E-state index in [1.54, 1.807) is 19.2 Å². The molecule has 2 aromatic rings. The molecule has 0 spiro atoms. The Hall–Kier alpha value is -2.44. The van der Waals surface area contributed by atoms with Crippen LogP contribution in [0.15, 0.2) is 16.5 Å². The molecule has 0 aliphatic carbocycles. The van der Waals surface area contributed by atoms with Gasteiger partial charge in [0.25, 0.3) is 5.91 Å². The van der Waals surface area contributed by atoms with Gasteiger partial charge in [-0.2, -0.15) is 0 Å². The van der Waals surface area contributed by atoms with Gasteiger partial charge in [-0.3, -0.25) is 4.79 Å². The minimum absolute atomic E-state index is 0.266. The summed E-state index contributed by atoms with van der Waals surface area (Å²) in [7, 11) is 1.55. The molecule has 1 amide bonds. The van der Waals surface area contributed by atoms with Crippen LogP contribution in [0.3, 0.4) is 0 Å². The Morgan fingerprint density at radius 3 is 2.63 bits per heavy atom. The number of carbonyl (C=O) groups excluding carboxylic acids is 1. The molecule has 0 aliphatic heterocycles. The first-order valence-corrected chi connectivity index (χ1v) is 5.82. The second-order valence-electron chi connectivity index (χ2n) is 3.99. The molecule has 0 aliphatic rings. The minimum atomic E-state index is -0.266. The third-order valence-corrected chi connectivity index (χ3v) is 2.62. The van der Waals surface area contributed by atoms with E-state index >= 15 is 0 Å². The van der Waals surface area contributed by atoms with E-state index in [4.69, 9.17) is 4.42 Å². The van der Waals surface area contributed by atoms with Gasteiger partial charge in [-0.05, 0) is 26.0 Å². The lowest BCUT2D eigenvalue weighted by molar-refractivity contribution is 0.0957. The molecule has 0 fully saturated rings. The predicted molar refractivity (Wildman–Crippen MR) is 68.7 cm³/mol. The van der Waals surface area contributed by atoms with E-state index in [-0.39, 0.29) is 11.6 Å². The van der Waals surface area contributed by atoms with Gasteiger partial charge in [0.15, 0.2) is 5.69 Å². The normalized spacial score (nSPS) is 10.3. The van der Waals surface area contributed by atoms with Crippen molar-refractivity contribution >= 4 is 11.7 Å². The quantitative estimate of drug-likeness (QED) is 0.854. The summed E-state index contributed by atoms with van der Waals surface area (Å²) in [4.78, 5) is 15.5. The van der Waals surface area contributed by atoms with E-state index in [0.29, 0.717) is 18.3 Å². The van der Waals surface area contributed by atoms with Crippen LogP contribution in [0.1, 0.15) is 27.8 Å². The zero-order chi connectivity index (χ0) is 13.8. The minimum Gasteiger partial charge on any atom is -0.444 e. The van der Waals surface area contributed by atoms with Crippen molar-refractivity contribution in [2.45, 2.75) is 20.4 Å². The topological polar surface area (TPSA) is 92.9 Å². The van der Waals surface area contributed by atoms with Crippen LogP contribution in [0.25, 0.3) is 0 Å². The molecule has 100 valence electrons. The van der Waals surface area contributed by atoms with Crippen LogP contribution >= 0.6 is 0 Å². The second kappa shape index (κ2) is 5.47. The van der Waals surface area contributed by atoms with Crippen molar-refractivity contribution in [2.24, 2.45) is 0 Å². The first kappa shape index (κ1) is 13.0. The summed E-state index contributed by atoms with van der Waals surface area (Å²) < 4.78 is 5.43. The monoisotopic (exact) mass is 261 g/mol. The van der Waals surface area contributed by atoms with Gasteiger partial charge < -0.3 is 15.1 Å². The predicted octanol–water partition coefficient (Wildman–Crippen LogP) is 1.05. The van der Waals surface area contributed by atoms with E-state index < -0.39 is 0 Å². The molecule has 0 atom stereocenters. The summed E-state index contributed by atoms with van der Waals surface area (Å²) >= 11 is 0. The number of oxazole rings is 1. The third kappa shape index (κ3) is 3.06.